The molecule has 2 aliphatic heterocycles. The second kappa shape index (κ2) is 10.5. The third kappa shape index (κ3) is 5.28. The minimum atomic E-state index is -0.538. The van der Waals surface area contributed by atoms with E-state index < -0.39 is 11.6 Å². The zero-order valence-corrected chi connectivity index (χ0v) is 18.3. The van der Waals surface area contributed by atoms with E-state index in [0.717, 1.165) is 57.5 Å². The smallest absolute Gasteiger partial charge is 0.193 e. The molecule has 6 nitrogen and oxygen atoms in total. The van der Waals surface area contributed by atoms with Crippen molar-refractivity contribution in [2.75, 3.05) is 60.1 Å². The molecule has 0 amide bonds. The fourth-order valence-corrected chi connectivity index (χ4v) is 4.46. The Labute approximate surface area is 178 Å². The van der Waals surface area contributed by atoms with Crippen molar-refractivity contribution in [1.82, 2.24) is 15.1 Å². The van der Waals surface area contributed by atoms with Gasteiger partial charge < -0.3 is 19.7 Å². The molecule has 2 fully saturated rings. The van der Waals surface area contributed by atoms with Gasteiger partial charge in [-0.15, -0.1) is 0 Å². The van der Waals surface area contributed by atoms with E-state index in [4.69, 9.17) is 9.47 Å². The van der Waals surface area contributed by atoms with E-state index >= 15 is 0 Å². The first-order valence-electron chi connectivity index (χ1n) is 10.8. The van der Waals surface area contributed by atoms with Crippen molar-refractivity contribution in [1.29, 1.82) is 0 Å². The van der Waals surface area contributed by atoms with Crippen LogP contribution in [-0.2, 0) is 9.47 Å². The van der Waals surface area contributed by atoms with Crippen LogP contribution >= 0.6 is 0 Å². The summed E-state index contributed by atoms with van der Waals surface area (Å²) in [7, 11) is 3.55. The number of nitrogens with one attached hydrogen (secondary N) is 1. The number of rotatable bonds is 6. The van der Waals surface area contributed by atoms with Gasteiger partial charge in [0.15, 0.2) is 5.96 Å². The summed E-state index contributed by atoms with van der Waals surface area (Å²) in [6, 6.07) is 3.83. The quantitative estimate of drug-likeness (QED) is 0.562. The molecule has 1 aromatic rings. The Hall–Kier alpha value is -1.77. The van der Waals surface area contributed by atoms with Crippen molar-refractivity contribution in [3.63, 3.8) is 0 Å². The van der Waals surface area contributed by atoms with Gasteiger partial charge in [-0.1, -0.05) is 13.0 Å². The van der Waals surface area contributed by atoms with Crippen LogP contribution in [0.2, 0.25) is 0 Å². The Morgan fingerprint density at radius 3 is 2.50 bits per heavy atom. The number of ether oxygens (including phenoxy) is 2. The minimum absolute atomic E-state index is 0.0540. The van der Waals surface area contributed by atoms with Crippen molar-refractivity contribution in [3.8, 4) is 0 Å². The Morgan fingerprint density at radius 1 is 1.23 bits per heavy atom. The van der Waals surface area contributed by atoms with Gasteiger partial charge in [0.25, 0.3) is 0 Å². The van der Waals surface area contributed by atoms with Crippen LogP contribution in [0.4, 0.5) is 8.78 Å². The average Bonchev–Trinajstić information content (AvgIpc) is 2.77. The van der Waals surface area contributed by atoms with E-state index in [2.05, 4.69) is 20.1 Å². The highest BCUT2D eigenvalue weighted by Crippen LogP contribution is 2.28. The molecule has 0 spiro atoms. The normalized spacial score (nSPS) is 21.5. The first kappa shape index (κ1) is 22.9. The van der Waals surface area contributed by atoms with Crippen LogP contribution in [0.15, 0.2) is 23.2 Å². The molecule has 2 aliphatic rings. The number of methoxy groups -OCH3 is 1. The summed E-state index contributed by atoms with van der Waals surface area (Å²) in [5, 5.41) is 3.48. The number of halogens is 2. The summed E-state index contributed by atoms with van der Waals surface area (Å²) in [5.74, 6) is -0.147. The number of benzene rings is 1. The lowest BCUT2D eigenvalue weighted by molar-refractivity contribution is -0.0858. The minimum Gasteiger partial charge on any atom is -0.381 e. The molecule has 1 N–H and O–H groups in total. The predicted molar refractivity (Wildman–Crippen MR) is 114 cm³/mol. The zero-order chi connectivity index (χ0) is 21.6. The lowest BCUT2D eigenvalue weighted by atomic mass is 9.94. The van der Waals surface area contributed by atoms with Crippen molar-refractivity contribution in [3.05, 3.63) is 35.4 Å². The molecule has 3 rings (SSSR count). The van der Waals surface area contributed by atoms with Crippen molar-refractivity contribution in [2.45, 2.75) is 37.8 Å². The fraction of sp³-hybridized carbons (Fsp3) is 0.682. The summed E-state index contributed by atoms with van der Waals surface area (Å²) >= 11 is 0. The molecule has 2 heterocycles. The predicted octanol–water partition coefficient (Wildman–Crippen LogP) is 2.80. The first-order valence-corrected chi connectivity index (χ1v) is 10.8. The summed E-state index contributed by atoms with van der Waals surface area (Å²) in [5.41, 5.74) is 0.347. The monoisotopic (exact) mass is 424 g/mol. The third-order valence-corrected chi connectivity index (χ3v) is 6.38. The Morgan fingerprint density at radius 2 is 1.93 bits per heavy atom. The number of piperazine rings is 1. The second-order valence-electron chi connectivity index (χ2n) is 8.01. The van der Waals surface area contributed by atoms with Gasteiger partial charge in [0, 0.05) is 90.6 Å². The molecule has 2 saturated heterocycles. The van der Waals surface area contributed by atoms with Gasteiger partial charge in [0.05, 0.1) is 5.60 Å². The first-order chi connectivity index (χ1) is 14.5. The lowest BCUT2D eigenvalue weighted by Crippen LogP contribution is -2.56. The Kier molecular flexibility index (Phi) is 8.02. The van der Waals surface area contributed by atoms with Crippen LogP contribution < -0.4 is 5.32 Å². The largest absolute Gasteiger partial charge is 0.381 e. The van der Waals surface area contributed by atoms with Crippen LogP contribution in [0, 0.1) is 11.6 Å². The van der Waals surface area contributed by atoms with Gasteiger partial charge in [-0.25, -0.2) is 8.78 Å². The highest BCUT2D eigenvalue weighted by molar-refractivity contribution is 5.80. The number of hydrogen-bond donors (Lipinski definition) is 1. The molecule has 1 unspecified atom stereocenters. The molecule has 0 aromatic heterocycles. The Bertz CT molecular complexity index is 717. The van der Waals surface area contributed by atoms with Crippen molar-refractivity contribution < 1.29 is 18.3 Å². The molecule has 168 valence electrons. The lowest BCUT2D eigenvalue weighted by Gasteiger charge is -2.41. The number of aliphatic imine (C=N–C) groups is 1. The molecule has 0 bridgehead atoms. The maximum atomic E-state index is 14.3. The van der Waals surface area contributed by atoms with Crippen LogP contribution in [0.1, 0.15) is 37.8 Å². The molecular formula is C22H34F2N4O2. The highest BCUT2D eigenvalue weighted by atomic mass is 19.1. The summed E-state index contributed by atoms with van der Waals surface area (Å²) in [4.78, 5) is 8.96. The molecule has 0 saturated carbocycles. The maximum Gasteiger partial charge on any atom is 0.193 e. The van der Waals surface area contributed by atoms with Crippen LogP contribution in [0.25, 0.3) is 0 Å². The van der Waals surface area contributed by atoms with E-state index in [9.17, 15) is 8.78 Å². The average molecular weight is 425 g/mol. The molecule has 0 radical (unpaired) electrons. The van der Waals surface area contributed by atoms with Crippen molar-refractivity contribution >= 4 is 5.96 Å². The molecule has 1 atom stereocenters. The van der Waals surface area contributed by atoms with Gasteiger partial charge >= 0.3 is 0 Å². The van der Waals surface area contributed by atoms with E-state index in [1.165, 1.54) is 6.07 Å². The standard InChI is InChI=1S/C22H34F2N4O2/c1-4-20(18-6-5-17(23)15-19(18)24)27-9-11-28(12-10-27)21(25-2)26-16-22(29-3)7-13-30-14-8-22/h5-6,15,20H,4,7-14,16H2,1-3H3,(H,25,26). The second-order valence-corrected chi connectivity index (χ2v) is 8.01. The van der Waals surface area contributed by atoms with Gasteiger partial charge in [0.2, 0.25) is 0 Å². The topological polar surface area (TPSA) is 49.3 Å². The summed E-state index contributed by atoms with van der Waals surface area (Å²) in [6.45, 7) is 7.33. The SMILES string of the molecule is CCC(c1ccc(F)cc1F)N1CCN(C(=NC)NCC2(OC)CCOCC2)CC1. The number of guanidine groups is 1. The summed E-state index contributed by atoms with van der Waals surface area (Å²) in [6.07, 6.45) is 2.50. The van der Waals surface area contributed by atoms with Gasteiger partial charge in [-0.05, 0) is 12.5 Å². The maximum absolute atomic E-state index is 14.3. The van der Waals surface area contributed by atoms with Gasteiger partial charge in [-0.2, -0.15) is 0 Å². The molecule has 8 heteroatoms. The van der Waals surface area contributed by atoms with Gasteiger partial charge in [0.1, 0.15) is 11.6 Å². The van der Waals surface area contributed by atoms with Crippen LogP contribution in [0.3, 0.4) is 0 Å². The highest BCUT2D eigenvalue weighted by Gasteiger charge is 2.33. The molecular weight excluding hydrogens is 390 g/mol. The molecule has 0 aliphatic carbocycles. The Balaban J connectivity index is 1.57. The fourth-order valence-electron chi connectivity index (χ4n) is 4.46. The summed E-state index contributed by atoms with van der Waals surface area (Å²) < 4.78 is 38.9. The van der Waals surface area contributed by atoms with Gasteiger partial charge in [-0.3, -0.25) is 9.89 Å². The van der Waals surface area contributed by atoms with Crippen LogP contribution in [-0.4, -0.2) is 81.5 Å². The zero-order valence-electron chi connectivity index (χ0n) is 18.3. The third-order valence-electron chi connectivity index (χ3n) is 6.38. The molecule has 1 aromatic carbocycles. The molecule has 30 heavy (non-hydrogen) atoms. The van der Waals surface area contributed by atoms with Crippen LogP contribution in [0.5, 0.6) is 0 Å². The van der Waals surface area contributed by atoms with E-state index in [0.29, 0.717) is 25.3 Å². The van der Waals surface area contributed by atoms with Crippen molar-refractivity contribution in [2.24, 2.45) is 4.99 Å². The van der Waals surface area contributed by atoms with E-state index in [1.807, 2.05) is 6.92 Å². The van der Waals surface area contributed by atoms with E-state index in [-0.39, 0.29) is 11.6 Å². The number of nitrogens with zero attached hydrogens (tertiary/aromatic N) is 3. The number of hydrogen-bond acceptors (Lipinski definition) is 4. The van der Waals surface area contributed by atoms with E-state index in [1.54, 1.807) is 20.2 Å².